The van der Waals surface area contributed by atoms with Crippen LogP contribution in [0, 0.1) is 0 Å². The van der Waals surface area contributed by atoms with Crippen molar-refractivity contribution in [3.63, 3.8) is 0 Å². The van der Waals surface area contributed by atoms with Crippen LogP contribution in [0.3, 0.4) is 0 Å². The van der Waals surface area contributed by atoms with Gasteiger partial charge in [0.1, 0.15) is 5.82 Å². The van der Waals surface area contributed by atoms with E-state index in [4.69, 9.17) is 33.7 Å². The van der Waals surface area contributed by atoms with Gasteiger partial charge in [0.2, 0.25) is 5.95 Å². The molecule has 0 amide bonds. The van der Waals surface area contributed by atoms with E-state index in [1.54, 1.807) is 25.3 Å². The maximum absolute atomic E-state index is 12.9. The van der Waals surface area contributed by atoms with Crippen molar-refractivity contribution in [3.05, 3.63) is 74.3 Å². The molecule has 2 aromatic carbocycles. The average molecular weight is 512 g/mol. The minimum absolute atomic E-state index is 0.103. The molecule has 0 fully saturated rings. The standard InChI is InChI=1S/C24H23Cl2N7O2/c1-35-10-9-32-8-7-14-5-6-16(11-15(14)13-32)29-23-28-12-17-21(27)33(24(34)31-22(17)30-23)20-18(25)3-2-4-19(20)26/h2-6,11-12H,7-10,13,27H2,1H3,(H,29,30,31,34). The van der Waals surface area contributed by atoms with Gasteiger partial charge in [-0.2, -0.15) is 9.97 Å². The first-order valence-corrected chi connectivity index (χ1v) is 11.8. The molecule has 9 nitrogen and oxygen atoms in total. The highest BCUT2D eigenvalue weighted by atomic mass is 35.5. The number of methoxy groups -OCH3 is 1. The Balaban J connectivity index is 1.45. The van der Waals surface area contributed by atoms with Crippen molar-refractivity contribution in [1.29, 1.82) is 0 Å². The summed E-state index contributed by atoms with van der Waals surface area (Å²) in [5.74, 6) is 0.413. The van der Waals surface area contributed by atoms with Crippen LogP contribution < -0.4 is 16.7 Å². The lowest BCUT2D eigenvalue weighted by Gasteiger charge is -2.28. The van der Waals surface area contributed by atoms with E-state index in [0.29, 0.717) is 17.9 Å². The molecule has 3 N–H and O–H groups in total. The number of nitrogens with two attached hydrogens (primary N) is 1. The number of hydrogen-bond acceptors (Lipinski definition) is 8. The first-order chi connectivity index (χ1) is 16.9. The molecule has 0 bridgehead atoms. The lowest BCUT2D eigenvalue weighted by Crippen LogP contribution is -2.33. The van der Waals surface area contributed by atoms with Gasteiger partial charge in [0.05, 0.1) is 27.7 Å². The minimum atomic E-state index is -0.639. The predicted octanol–water partition coefficient (Wildman–Crippen LogP) is 3.81. The maximum Gasteiger partial charge on any atom is 0.355 e. The van der Waals surface area contributed by atoms with Crippen LogP contribution in [-0.4, -0.2) is 51.2 Å². The third kappa shape index (κ3) is 4.68. The highest BCUT2D eigenvalue weighted by molar-refractivity contribution is 6.37. The molecule has 1 aliphatic rings. The van der Waals surface area contributed by atoms with Crippen molar-refractivity contribution in [2.24, 2.45) is 0 Å². The van der Waals surface area contributed by atoms with Crippen LogP contribution in [0.5, 0.6) is 0 Å². The van der Waals surface area contributed by atoms with Gasteiger partial charge >= 0.3 is 5.69 Å². The molecule has 2 aromatic heterocycles. The Hall–Kier alpha value is -3.24. The Morgan fingerprint density at radius 3 is 2.71 bits per heavy atom. The van der Waals surface area contributed by atoms with Gasteiger partial charge in [-0.3, -0.25) is 4.90 Å². The van der Waals surface area contributed by atoms with E-state index >= 15 is 0 Å². The van der Waals surface area contributed by atoms with Gasteiger partial charge in [0.15, 0.2) is 5.65 Å². The fourth-order valence-corrected chi connectivity index (χ4v) is 4.78. The highest BCUT2D eigenvalue weighted by Crippen LogP contribution is 2.31. The van der Waals surface area contributed by atoms with Crippen molar-refractivity contribution in [2.75, 3.05) is 37.9 Å². The van der Waals surface area contributed by atoms with Crippen LogP contribution in [0.15, 0.2) is 47.4 Å². The molecule has 35 heavy (non-hydrogen) atoms. The van der Waals surface area contributed by atoms with Crippen LogP contribution in [0.1, 0.15) is 11.1 Å². The van der Waals surface area contributed by atoms with Gasteiger partial charge in [-0.05, 0) is 41.8 Å². The molecule has 0 saturated heterocycles. The number of hydrogen-bond donors (Lipinski definition) is 2. The van der Waals surface area contributed by atoms with Crippen molar-refractivity contribution in [3.8, 4) is 5.69 Å². The Kier molecular flexibility index (Phi) is 6.57. The fourth-order valence-electron chi connectivity index (χ4n) is 4.22. The molecule has 11 heteroatoms. The van der Waals surface area contributed by atoms with E-state index in [9.17, 15) is 4.79 Å². The van der Waals surface area contributed by atoms with Gasteiger partial charge in [0, 0.05) is 38.6 Å². The quantitative estimate of drug-likeness (QED) is 0.401. The molecule has 0 spiro atoms. The zero-order valence-corrected chi connectivity index (χ0v) is 20.5. The lowest BCUT2D eigenvalue weighted by atomic mass is 9.99. The van der Waals surface area contributed by atoms with Crippen LogP contribution in [0.4, 0.5) is 17.5 Å². The third-order valence-electron chi connectivity index (χ3n) is 6.00. The number of nitrogens with one attached hydrogen (secondary N) is 1. The minimum Gasteiger partial charge on any atom is -0.384 e. The summed E-state index contributed by atoms with van der Waals surface area (Å²) < 4.78 is 6.38. The Labute approximate surface area is 211 Å². The molecular weight excluding hydrogens is 489 g/mol. The second kappa shape index (κ2) is 9.79. The number of aromatic nitrogens is 4. The smallest absolute Gasteiger partial charge is 0.355 e. The molecule has 0 atom stereocenters. The number of anilines is 3. The number of fused-ring (bicyclic) bond motifs is 2. The number of rotatable bonds is 6. The van der Waals surface area contributed by atoms with E-state index < -0.39 is 5.69 Å². The van der Waals surface area contributed by atoms with E-state index in [2.05, 4.69) is 37.3 Å². The molecule has 0 unspecified atom stereocenters. The Morgan fingerprint density at radius 1 is 1.14 bits per heavy atom. The van der Waals surface area contributed by atoms with Crippen molar-refractivity contribution in [1.82, 2.24) is 24.4 Å². The number of para-hydroxylation sites is 1. The summed E-state index contributed by atoms with van der Waals surface area (Å²) in [5, 5.41) is 4.17. The number of nitrogen functional groups attached to an aromatic ring is 1. The average Bonchev–Trinajstić information content (AvgIpc) is 2.84. The van der Waals surface area contributed by atoms with E-state index in [-0.39, 0.29) is 27.2 Å². The summed E-state index contributed by atoms with van der Waals surface area (Å²) in [7, 11) is 1.72. The summed E-state index contributed by atoms with van der Waals surface area (Å²) in [6, 6.07) is 11.1. The van der Waals surface area contributed by atoms with Gasteiger partial charge in [-0.15, -0.1) is 0 Å². The van der Waals surface area contributed by atoms with Gasteiger partial charge in [-0.1, -0.05) is 35.3 Å². The van der Waals surface area contributed by atoms with Crippen LogP contribution in [0.2, 0.25) is 10.0 Å². The Bertz CT molecular complexity index is 1450. The fraction of sp³-hybridized carbons (Fsp3) is 0.250. The van der Waals surface area contributed by atoms with Gasteiger partial charge < -0.3 is 15.8 Å². The largest absolute Gasteiger partial charge is 0.384 e. The molecule has 0 saturated carbocycles. The monoisotopic (exact) mass is 511 g/mol. The predicted molar refractivity (Wildman–Crippen MR) is 138 cm³/mol. The normalized spacial score (nSPS) is 13.7. The van der Waals surface area contributed by atoms with Crippen molar-refractivity contribution < 1.29 is 4.74 Å². The van der Waals surface area contributed by atoms with Crippen molar-refractivity contribution >= 4 is 51.7 Å². The van der Waals surface area contributed by atoms with Crippen LogP contribution in [0.25, 0.3) is 16.7 Å². The zero-order valence-electron chi connectivity index (χ0n) is 19.0. The van der Waals surface area contributed by atoms with Crippen molar-refractivity contribution in [2.45, 2.75) is 13.0 Å². The second-order valence-corrected chi connectivity index (χ2v) is 9.06. The van der Waals surface area contributed by atoms with E-state index in [0.717, 1.165) is 31.7 Å². The van der Waals surface area contributed by atoms with Crippen LogP contribution in [-0.2, 0) is 17.7 Å². The topological polar surface area (TPSA) is 111 Å². The first kappa shape index (κ1) is 23.5. The highest BCUT2D eigenvalue weighted by Gasteiger charge is 2.19. The molecule has 5 rings (SSSR count). The van der Waals surface area contributed by atoms with Gasteiger partial charge in [0.25, 0.3) is 0 Å². The summed E-state index contributed by atoms with van der Waals surface area (Å²) in [5.41, 5.74) is 9.54. The molecule has 0 radical (unpaired) electrons. The number of nitrogens with zero attached hydrogens (tertiary/aromatic N) is 5. The maximum atomic E-state index is 12.9. The lowest BCUT2D eigenvalue weighted by molar-refractivity contribution is 0.141. The SMILES string of the molecule is COCCN1CCc2ccc(Nc3ncc4c(N)n(-c5c(Cl)cccc5Cl)c(=O)nc4n3)cc2C1. The van der Waals surface area contributed by atoms with E-state index in [1.807, 2.05) is 6.07 Å². The number of halogens is 2. The van der Waals surface area contributed by atoms with Gasteiger partial charge in [-0.25, -0.2) is 14.3 Å². The third-order valence-corrected chi connectivity index (χ3v) is 6.61. The van der Waals surface area contributed by atoms with E-state index in [1.165, 1.54) is 21.9 Å². The molecular formula is C24H23Cl2N7O2. The molecule has 180 valence electrons. The summed E-state index contributed by atoms with van der Waals surface area (Å²) in [4.78, 5) is 28.1. The number of benzene rings is 2. The summed E-state index contributed by atoms with van der Waals surface area (Å²) in [6.07, 6.45) is 2.52. The number of ether oxygens (including phenoxy) is 1. The summed E-state index contributed by atoms with van der Waals surface area (Å²) in [6.45, 7) is 3.47. The molecule has 3 heterocycles. The Morgan fingerprint density at radius 2 is 1.94 bits per heavy atom. The second-order valence-electron chi connectivity index (χ2n) is 8.24. The molecule has 1 aliphatic heterocycles. The molecule has 0 aliphatic carbocycles. The van der Waals surface area contributed by atoms with Crippen LogP contribution >= 0.6 is 23.2 Å². The summed E-state index contributed by atoms with van der Waals surface area (Å²) >= 11 is 12.6. The zero-order chi connectivity index (χ0) is 24.5. The first-order valence-electron chi connectivity index (χ1n) is 11.0. The molecule has 4 aromatic rings.